The summed E-state index contributed by atoms with van der Waals surface area (Å²) in [6, 6.07) is 10.5. The van der Waals surface area contributed by atoms with E-state index in [-0.39, 0.29) is 6.61 Å². The molecule has 1 aromatic carbocycles. The van der Waals surface area contributed by atoms with Crippen molar-refractivity contribution in [2.75, 3.05) is 18.5 Å². The zero-order chi connectivity index (χ0) is 13.8. The highest BCUT2D eigenvalue weighted by Gasteiger charge is 2.12. The van der Waals surface area contributed by atoms with Crippen LogP contribution >= 0.6 is 0 Å². The van der Waals surface area contributed by atoms with E-state index in [2.05, 4.69) is 33.7 Å². The number of hydrogen-bond donors (Lipinski definition) is 2. The predicted octanol–water partition coefficient (Wildman–Crippen LogP) is 2.43. The number of nitrogens with zero attached hydrogens (tertiary/aromatic N) is 2. The SMILES string of the molecule is OCCCNc1ccc(-c2ccc3c(c2)CCC3)nn1. The van der Waals surface area contributed by atoms with Crippen LogP contribution in [0.3, 0.4) is 0 Å². The summed E-state index contributed by atoms with van der Waals surface area (Å²) in [7, 11) is 0. The third kappa shape index (κ3) is 2.80. The van der Waals surface area contributed by atoms with Crippen molar-refractivity contribution in [3.05, 3.63) is 41.5 Å². The highest BCUT2D eigenvalue weighted by atomic mass is 16.3. The van der Waals surface area contributed by atoms with Gasteiger partial charge in [0.1, 0.15) is 5.82 Å². The van der Waals surface area contributed by atoms with Crippen molar-refractivity contribution in [1.29, 1.82) is 0 Å². The average molecular weight is 269 g/mol. The standard InChI is InChI=1S/C16H19N3O/c20-10-2-9-17-16-8-7-15(18-19-16)14-6-5-12-3-1-4-13(12)11-14/h5-8,11,20H,1-4,9-10H2,(H,17,19). The fraction of sp³-hybridized carbons (Fsp3) is 0.375. The van der Waals surface area contributed by atoms with E-state index < -0.39 is 0 Å². The number of hydrogen-bond acceptors (Lipinski definition) is 4. The molecule has 0 unspecified atom stereocenters. The van der Waals surface area contributed by atoms with Crippen LogP contribution in [0.25, 0.3) is 11.3 Å². The van der Waals surface area contributed by atoms with Crippen molar-refractivity contribution >= 4 is 5.82 Å². The Labute approximate surface area is 118 Å². The molecule has 0 spiro atoms. The zero-order valence-electron chi connectivity index (χ0n) is 11.5. The Kier molecular flexibility index (Phi) is 3.92. The summed E-state index contributed by atoms with van der Waals surface area (Å²) in [5.41, 5.74) is 4.98. The van der Waals surface area contributed by atoms with Gasteiger partial charge in [-0.25, -0.2) is 0 Å². The summed E-state index contributed by atoms with van der Waals surface area (Å²) in [6.07, 6.45) is 4.36. The molecule has 2 N–H and O–H groups in total. The number of fused-ring (bicyclic) bond motifs is 1. The predicted molar refractivity (Wildman–Crippen MR) is 79.7 cm³/mol. The van der Waals surface area contributed by atoms with Crippen molar-refractivity contribution in [2.24, 2.45) is 0 Å². The molecule has 0 aliphatic heterocycles. The molecule has 1 heterocycles. The average Bonchev–Trinajstić information content (AvgIpc) is 2.96. The molecule has 0 fully saturated rings. The fourth-order valence-corrected chi connectivity index (χ4v) is 2.61. The van der Waals surface area contributed by atoms with E-state index in [9.17, 15) is 0 Å². The number of benzene rings is 1. The number of aromatic nitrogens is 2. The lowest BCUT2D eigenvalue weighted by Crippen LogP contribution is -2.05. The molecule has 0 amide bonds. The van der Waals surface area contributed by atoms with Gasteiger partial charge in [0, 0.05) is 18.7 Å². The Morgan fingerprint density at radius 2 is 1.95 bits per heavy atom. The number of aliphatic hydroxyl groups is 1. The van der Waals surface area contributed by atoms with E-state index in [4.69, 9.17) is 5.11 Å². The van der Waals surface area contributed by atoms with Gasteiger partial charge in [0.2, 0.25) is 0 Å². The lowest BCUT2D eigenvalue weighted by Gasteiger charge is -2.06. The van der Waals surface area contributed by atoms with Gasteiger partial charge in [-0.15, -0.1) is 10.2 Å². The summed E-state index contributed by atoms with van der Waals surface area (Å²) in [6.45, 7) is 0.900. The molecule has 20 heavy (non-hydrogen) atoms. The molecule has 3 rings (SSSR count). The van der Waals surface area contributed by atoms with Gasteiger partial charge in [-0.05, 0) is 55.0 Å². The second kappa shape index (κ2) is 6.01. The minimum absolute atomic E-state index is 0.188. The molecule has 1 aromatic heterocycles. The topological polar surface area (TPSA) is 58.0 Å². The van der Waals surface area contributed by atoms with Gasteiger partial charge in [0.15, 0.2) is 0 Å². The maximum absolute atomic E-state index is 8.74. The van der Waals surface area contributed by atoms with E-state index >= 15 is 0 Å². The van der Waals surface area contributed by atoms with Gasteiger partial charge in [-0.3, -0.25) is 0 Å². The smallest absolute Gasteiger partial charge is 0.148 e. The van der Waals surface area contributed by atoms with E-state index in [0.717, 1.165) is 17.1 Å². The molecular formula is C16H19N3O. The molecule has 0 radical (unpaired) electrons. The molecule has 104 valence electrons. The first-order chi connectivity index (χ1) is 9.86. The number of aliphatic hydroxyl groups excluding tert-OH is 1. The fourth-order valence-electron chi connectivity index (χ4n) is 2.61. The van der Waals surface area contributed by atoms with Crippen LogP contribution < -0.4 is 5.32 Å². The van der Waals surface area contributed by atoms with E-state index in [0.29, 0.717) is 13.0 Å². The Balaban J connectivity index is 1.74. The number of rotatable bonds is 5. The summed E-state index contributed by atoms with van der Waals surface area (Å²) >= 11 is 0. The second-order valence-electron chi connectivity index (χ2n) is 5.14. The Bertz CT molecular complexity index is 581. The molecule has 4 heteroatoms. The molecule has 0 saturated heterocycles. The molecule has 1 aliphatic rings. The Morgan fingerprint density at radius 3 is 2.75 bits per heavy atom. The van der Waals surface area contributed by atoms with Crippen LogP contribution in [-0.2, 0) is 12.8 Å². The van der Waals surface area contributed by atoms with Gasteiger partial charge in [-0.1, -0.05) is 12.1 Å². The molecule has 0 saturated carbocycles. The minimum Gasteiger partial charge on any atom is -0.396 e. The van der Waals surface area contributed by atoms with Crippen LogP contribution in [-0.4, -0.2) is 28.5 Å². The van der Waals surface area contributed by atoms with Gasteiger partial charge < -0.3 is 10.4 Å². The zero-order valence-corrected chi connectivity index (χ0v) is 11.5. The monoisotopic (exact) mass is 269 g/mol. The Hall–Kier alpha value is -1.94. The summed E-state index contributed by atoms with van der Waals surface area (Å²) in [5.74, 6) is 0.753. The van der Waals surface area contributed by atoms with Gasteiger partial charge in [0.25, 0.3) is 0 Å². The summed E-state index contributed by atoms with van der Waals surface area (Å²) < 4.78 is 0. The Morgan fingerprint density at radius 1 is 1.05 bits per heavy atom. The van der Waals surface area contributed by atoms with Gasteiger partial charge >= 0.3 is 0 Å². The van der Waals surface area contributed by atoms with Crippen LogP contribution in [0.1, 0.15) is 24.0 Å². The number of anilines is 1. The first-order valence-electron chi connectivity index (χ1n) is 7.17. The quantitative estimate of drug-likeness (QED) is 0.818. The molecule has 0 bridgehead atoms. The molecule has 4 nitrogen and oxygen atoms in total. The van der Waals surface area contributed by atoms with Gasteiger partial charge in [-0.2, -0.15) is 0 Å². The van der Waals surface area contributed by atoms with E-state index in [1.165, 1.54) is 30.4 Å². The van der Waals surface area contributed by atoms with Crippen LogP contribution in [0, 0.1) is 0 Å². The lowest BCUT2D eigenvalue weighted by atomic mass is 10.0. The third-order valence-corrected chi connectivity index (χ3v) is 3.70. The van der Waals surface area contributed by atoms with Crippen molar-refractivity contribution in [1.82, 2.24) is 10.2 Å². The number of aryl methyl sites for hydroxylation is 2. The summed E-state index contributed by atoms with van der Waals surface area (Å²) in [4.78, 5) is 0. The van der Waals surface area contributed by atoms with E-state index in [1.807, 2.05) is 12.1 Å². The van der Waals surface area contributed by atoms with Crippen LogP contribution in [0.15, 0.2) is 30.3 Å². The van der Waals surface area contributed by atoms with Crippen LogP contribution in [0.4, 0.5) is 5.82 Å². The highest BCUT2D eigenvalue weighted by molar-refractivity contribution is 5.62. The van der Waals surface area contributed by atoms with Gasteiger partial charge in [0.05, 0.1) is 5.69 Å². The maximum atomic E-state index is 8.74. The van der Waals surface area contributed by atoms with Crippen LogP contribution in [0.2, 0.25) is 0 Å². The van der Waals surface area contributed by atoms with Crippen molar-refractivity contribution in [2.45, 2.75) is 25.7 Å². The van der Waals surface area contributed by atoms with E-state index in [1.54, 1.807) is 0 Å². The highest BCUT2D eigenvalue weighted by Crippen LogP contribution is 2.27. The lowest BCUT2D eigenvalue weighted by molar-refractivity contribution is 0.292. The first kappa shape index (κ1) is 13.1. The number of nitrogens with one attached hydrogen (secondary N) is 1. The summed E-state index contributed by atoms with van der Waals surface area (Å²) in [5, 5.41) is 20.3. The molecule has 2 aromatic rings. The maximum Gasteiger partial charge on any atom is 0.148 e. The minimum atomic E-state index is 0.188. The third-order valence-electron chi connectivity index (χ3n) is 3.70. The normalized spacial score (nSPS) is 13.2. The molecule has 0 atom stereocenters. The van der Waals surface area contributed by atoms with Crippen LogP contribution in [0.5, 0.6) is 0 Å². The van der Waals surface area contributed by atoms with Crippen molar-refractivity contribution in [3.8, 4) is 11.3 Å². The molecule has 1 aliphatic carbocycles. The second-order valence-corrected chi connectivity index (χ2v) is 5.14. The van der Waals surface area contributed by atoms with Crippen molar-refractivity contribution < 1.29 is 5.11 Å². The molecular weight excluding hydrogens is 250 g/mol. The first-order valence-corrected chi connectivity index (χ1v) is 7.17. The largest absolute Gasteiger partial charge is 0.396 e. The van der Waals surface area contributed by atoms with Crippen molar-refractivity contribution in [3.63, 3.8) is 0 Å².